The number of thioether (sulfide) groups is 1. The summed E-state index contributed by atoms with van der Waals surface area (Å²) in [6.07, 6.45) is 0.772. The molecule has 0 bridgehead atoms. The second kappa shape index (κ2) is 5.46. The van der Waals surface area contributed by atoms with Crippen molar-refractivity contribution in [2.24, 2.45) is 5.10 Å². The van der Waals surface area contributed by atoms with Crippen LogP contribution in [-0.4, -0.2) is 15.3 Å². The zero-order chi connectivity index (χ0) is 13.9. The van der Waals surface area contributed by atoms with Crippen LogP contribution >= 0.6 is 11.8 Å². The van der Waals surface area contributed by atoms with Gasteiger partial charge in [0.1, 0.15) is 16.9 Å². The van der Waals surface area contributed by atoms with Gasteiger partial charge in [-0.1, -0.05) is 42.1 Å². The number of hydrogen-bond donors (Lipinski definition) is 3. The van der Waals surface area contributed by atoms with E-state index in [2.05, 4.69) is 22.7 Å². The maximum Gasteiger partial charge on any atom is 0.125 e. The van der Waals surface area contributed by atoms with Crippen LogP contribution < -0.4 is 5.43 Å². The molecule has 2 aromatic carbocycles. The van der Waals surface area contributed by atoms with Gasteiger partial charge >= 0.3 is 0 Å². The van der Waals surface area contributed by atoms with E-state index in [1.54, 1.807) is 23.9 Å². The summed E-state index contributed by atoms with van der Waals surface area (Å²) < 4.78 is 0. The summed E-state index contributed by atoms with van der Waals surface area (Å²) >= 11 is 1.58. The first-order chi connectivity index (χ1) is 9.72. The molecule has 4 nitrogen and oxygen atoms in total. The van der Waals surface area contributed by atoms with Crippen molar-refractivity contribution < 1.29 is 10.2 Å². The molecule has 0 amide bonds. The maximum absolute atomic E-state index is 9.86. The zero-order valence-corrected chi connectivity index (χ0v) is 11.5. The van der Waals surface area contributed by atoms with Gasteiger partial charge < -0.3 is 10.2 Å². The SMILES string of the molecule is Oc1ccc(C2NN=C(Cc3ccccc3)S2)c(O)c1. The Kier molecular flexibility index (Phi) is 3.52. The summed E-state index contributed by atoms with van der Waals surface area (Å²) in [4.78, 5) is 0. The Bertz CT molecular complexity index is 644. The molecular formula is C15H14N2O2S. The van der Waals surface area contributed by atoms with Crippen molar-refractivity contribution in [1.82, 2.24) is 5.43 Å². The van der Waals surface area contributed by atoms with Gasteiger partial charge in [-0.25, -0.2) is 0 Å². The first-order valence-electron chi connectivity index (χ1n) is 6.27. The molecule has 3 rings (SSSR count). The van der Waals surface area contributed by atoms with Crippen molar-refractivity contribution >= 4 is 16.8 Å². The summed E-state index contributed by atoms with van der Waals surface area (Å²) in [5.74, 6) is 0.130. The van der Waals surface area contributed by atoms with Crippen molar-refractivity contribution in [3.8, 4) is 11.5 Å². The highest BCUT2D eigenvalue weighted by Crippen LogP contribution is 2.38. The average Bonchev–Trinajstić information content (AvgIpc) is 2.88. The molecule has 0 radical (unpaired) electrons. The standard InChI is InChI=1S/C15H14N2O2S/c18-11-6-7-12(13(19)9-11)15-17-16-14(20-15)8-10-4-2-1-3-5-10/h1-7,9,15,17-19H,8H2. The Hall–Kier alpha value is -2.14. The molecule has 1 aliphatic rings. The number of nitrogens with zero attached hydrogens (tertiary/aromatic N) is 1. The average molecular weight is 286 g/mol. The van der Waals surface area contributed by atoms with Crippen molar-refractivity contribution in [2.45, 2.75) is 11.8 Å². The number of hydrogen-bond acceptors (Lipinski definition) is 5. The largest absolute Gasteiger partial charge is 0.508 e. The van der Waals surface area contributed by atoms with E-state index in [0.717, 1.165) is 17.0 Å². The van der Waals surface area contributed by atoms with Gasteiger partial charge in [0.05, 0.1) is 5.04 Å². The van der Waals surface area contributed by atoms with Gasteiger partial charge in [0.2, 0.25) is 0 Å². The van der Waals surface area contributed by atoms with Crippen LogP contribution in [0.1, 0.15) is 16.5 Å². The molecule has 0 spiro atoms. The van der Waals surface area contributed by atoms with Crippen molar-refractivity contribution in [3.05, 3.63) is 59.7 Å². The lowest BCUT2D eigenvalue weighted by atomic mass is 10.2. The number of phenolic OH excluding ortho intramolecular Hbond substituents is 2. The van der Waals surface area contributed by atoms with Crippen molar-refractivity contribution in [2.75, 3.05) is 0 Å². The Morgan fingerprint density at radius 3 is 2.65 bits per heavy atom. The lowest BCUT2D eigenvalue weighted by molar-refractivity contribution is 0.444. The Morgan fingerprint density at radius 1 is 1.10 bits per heavy atom. The van der Waals surface area contributed by atoms with Crippen molar-refractivity contribution in [1.29, 1.82) is 0 Å². The second-order valence-corrected chi connectivity index (χ2v) is 5.72. The van der Waals surface area contributed by atoms with E-state index < -0.39 is 0 Å². The lowest BCUT2D eigenvalue weighted by Gasteiger charge is -2.11. The van der Waals surface area contributed by atoms with E-state index in [0.29, 0.717) is 0 Å². The topological polar surface area (TPSA) is 64.8 Å². The molecule has 20 heavy (non-hydrogen) atoms. The molecule has 1 aliphatic heterocycles. The van der Waals surface area contributed by atoms with Gasteiger partial charge in [-0.2, -0.15) is 5.10 Å². The van der Waals surface area contributed by atoms with E-state index in [-0.39, 0.29) is 16.9 Å². The minimum Gasteiger partial charge on any atom is -0.508 e. The smallest absolute Gasteiger partial charge is 0.125 e. The van der Waals surface area contributed by atoms with Gasteiger partial charge in [0.25, 0.3) is 0 Å². The summed E-state index contributed by atoms with van der Waals surface area (Å²) in [6.45, 7) is 0. The molecule has 0 saturated carbocycles. The van der Waals surface area contributed by atoms with E-state index in [1.807, 2.05) is 18.2 Å². The van der Waals surface area contributed by atoms with Crippen LogP contribution in [0.5, 0.6) is 11.5 Å². The fourth-order valence-electron chi connectivity index (χ4n) is 2.06. The first kappa shape index (κ1) is 12.9. The van der Waals surface area contributed by atoms with E-state index >= 15 is 0 Å². The van der Waals surface area contributed by atoms with Crippen LogP contribution in [0, 0.1) is 0 Å². The quantitative estimate of drug-likeness (QED) is 0.811. The normalized spacial score (nSPS) is 17.6. The Labute approximate surface area is 121 Å². The van der Waals surface area contributed by atoms with Gasteiger partial charge in [-0.3, -0.25) is 5.43 Å². The van der Waals surface area contributed by atoms with E-state index in [4.69, 9.17) is 0 Å². The number of benzene rings is 2. The molecular weight excluding hydrogens is 272 g/mol. The molecule has 5 heteroatoms. The third kappa shape index (κ3) is 2.72. The predicted molar refractivity (Wildman–Crippen MR) is 80.8 cm³/mol. The minimum atomic E-state index is -0.116. The zero-order valence-electron chi connectivity index (χ0n) is 10.7. The monoisotopic (exact) mass is 286 g/mol. The van der Waals surface area contributed by atoms with Gasteiger partial charge in [-0.15, -0.1) is 0 Å². The highest BCUT2D eigenvalue weighted by atomic mass is 32.2. The number of aromatic hydroxyl groups is 2. The van der Waals surface area contributed by atoms with Crippen LogP contribution in [0.4, 0.5) is 0 Å². The van der Waals surface area contributed by atoms with Crippen LogP contribution in [0.15, 0.2) is 53.6 Å². The first-order valence-corrected chi connectivity index (χ1v) is 7.15. The minimum absolute atomic E-state index is 0.0553. The fourth-order valence-corrected chi connectivity index (χ4v) is 3.12. The molecule has 1 unspecified atom stereocenters. The molecule has 102 valence electrons. The third-order valence-electron chi connectivity index (χ3n) is 3.06. The van der Waals surface area contributed by atoms with Gasteiger partial charge in [0.15, 0.2) is 0 Å². The summed E-state index contributed by atoms with van der Waals surface area (Å²) in [7, 11) is 0. The molecule has 0 fully saturated rings. The lowest BCUT2D eigenvalue weighted by Crippen LogP contribution is -2.06. The molecule has 2 aromatic rings. The van der Waals surface area contributed by atoms with E-state index in [1.165, 1.54) is 11.6 Å². The Balaban J connectivity index is 1.69. The highest BCUT2D eigenvalue weighted by molar-refractivity contribution is 8.14. The van der Waals surface area contributed by atoms with Gasteiger partial charge in [-0.05, 0) is 17.7 Å². The van der Waals surface area contributed by atoms with Crippen LogP contribution in [0.2, 0.25) is 0 Å². The summed E-state index contributed by atoms with van der Waals surface area (Å²) in [5.41, 5.74) is 4.94. The molecule has 0 aliphatic carbocycles. The third-order valence-corrected chi connectivity index (χ3v) is 4.16. The number of phenols is 2. The highest BCUT2D eigenvalue weighted by Gasteiger charge is 2.23. The Morgan fingerprint density at radius 2 is 1.90 bits per heavy atom. The van der Waals surface area contributed by atoms with Crippen molar-refractivity contribution in [3.63, 3.8) is 0 Å². The van der Waals surface area contributed by atoms with Crippen LogP contribution in [0.3, 0.4) is 0 Å². The maximum atomic E-state index is 9.86. The number of rotatable bonds is 3. The molecule has 0 aromatic heterocycles. The number of nitrogens with one attached hydrogen (secondary N) is 1. The summed E-state index contributed by atoms with van der Waals surface area (Å²) in [5, 5.41) is 24.3. The summed E-state index contributed by atoms with van der Waals surface area (Å²) in [6, 6.07) is 14.7. The van der Waals surface area contributed by atoms with Crippen LogP contribution in [-0.2, 0) is 6.42 Å². The molecule has 3 N–H and O–H groups in total. The molecule has 0 saturated heterocycles. The van der Waals surface area contributed by atoms with Gasteiger partial charge in [0, 0.05) is 18.1 Å². The molecule has 1 atom stereocenters. The van der Waals surface area contributed by atoms with E-state index in [9.17, 15) is 10.2 Å². The predicted octanol–water partition coefficient (Wildman–Crippen LogP) is 2.99. The number of hydrazone groups is 1. The molecule has 1 heterocycles. The second-order valence-electron chi connectivity index (χ2n) is 4.54. The van der Waals surface area contributed by atoms with Crippen LogP contribution in [0.25, 0.3) is 0 Å². The fraction of sp³-hybridized carbons (Fsp3) is 0.133.